The highest BCUT2D eigenvalue weighted by Gasteiger charge is 2.45. The minimum Gasteiger partial charge on any atom is -0.411 e. The highest BCUT2D eigenvalue weighted by molar-refractivity contribution is 7.95. The van der Waals surface area contributed by atoms with Crippen LogP contribution in [0, 0.1) is 0 Å². The van der Waals surface area contributed by atoms with Crippen LogP contribution in [0.3, 0.4) is 0 Å². The predicted octanol–water partition coefficient (Wildman–Crippen LogP) is 6.36. The van der Waals surface area contributed by atoms with Gasteiger partial charge < -0.3 is 4.43 Å². The van der Waals surface area contributed by atoms with Gasteiger partial charge in [-0.2, -0.15) is 0 Å². The van der Waals surface area contributed by atoms with Crippen molar-refractivity contribution in [2.75, 3.05) is 6.16 Å². The van der Waals surface area contributed by atoms with Crippen molar-refractivity contribution in [1.82, 2.24) is 4.98 Å². The Bertz CT molecular complexity index is 1020. The van der Waals surface area contributed by atoms with Gasteiger partial charge in [-0.1, -0.05) is 54.6 Å². The predicted molar refractivity (Wildman–Crippen MR) is 146 cm³/mol. The molecular formula is C29H33NOPSi+. The second-order valence-electron chi connectivity index (χ2n) is 9.33. The summed E-state index contributed by atoms with van der Waals surface area (Å²) in [6, 6.07) is 37.5. The Hall–Kier alpha value is -2.58. The molecular weight excluding hydrogens is 437 g/mol. The van der Waals surface area contributed by atoms with Crippen molar-refractivity contribution in [3.8, 4) is 0 Å². The molecule has 1 atom stereocenters. The number of benzene rings is 3. The molecule has 4 heteroatoms. The average molecular weight is 471 g/mol. The van der Waals surface area contributed by atoms with Gasteiger partial charge in [-0.05, 0) is 73.7 Å². The van der Waals surface area contributed by atoms with Crippen LogP contribution < -0.4 is 15.9 Å². The van der Waals surface area contributed by atoms with Gasteiger partial charge in [0.2, 0.25) is 0 Å². The van der Waals surface area contributed by atoms with Crippen molar-refractivity contribution in [1.29, 1.82) is 0 Å². The Morgan fingerprint density at radius 3 is 1.48 bits per heavy atom. The molecule has 0 unspecified atom stereocenters. The lowest BCUT2D eigenvalue weighted by atomic mass is 10.1. The molecule has 3 aromatic carbocycles. The molecule has 0 amide bonds. The molecule has 0 bridgehead atoms. The zero-order valence-electron chi connectivity index (χ0n) is 19.8. The van der Waals surface area contributed by atoms with Gasteiger partial charge in [0.25, 0.3) is 0 Å². The second kappa shape index (κ2) is 10.6. The first-order chi connectivity index (χ1) is 16.0. The quantitative estimate of drug-likeness (QED) is 0.210. The Kier molecular flexibility index (Phi) is 7.55. The summed E-state index contributed by atoms with van der Waals surface area (Å²) in [6.07, 6.45) is 5.83. The van der Waals surface area contributed by atoms with Crippen LogP contribution in [0.25, 0.3) is 0 Å². The van der Waals surface area contributed by atoms with Crippen molar-refractivity contribution >= 4 is 31.5 Å². The van der Waals surface area contributed by atoms with Gasteiger partial charge in [-0.15, -0.1) is 0 Å². The van der Waals surface area contributed by atoms with E-state index in [0.717, 1.165) is 12.6 Å². The summed E-state index contributed by atoms with van der Waals surface area (Å²) in [5.74, 6) is 0. The summed E-state index contributed by atoms with van der Waals surface area (Å²) < 4.78 is 6.76. The van der Waals surface area contributed by atoms with Crippen LogP contribution in [-0.4, -0.2) is 19.5 Å². The van der Waals surface area contributed by atoms with E-state index in [1.165, 1.54) is 21.5 Å². The number of hydrogen-bond acceptors (Lipinski definition) is 2. The molecule has 0 aliphatic heterocycles. The van der Waals surface area contributed by atoms with E-state index in [1.807, 2.05) is 12.4 Å². The van der Waals surface area contributed by atoms with Gasteiger partial charge in [0.1, 0.15) is 23.2 Å². The molecule has 33 heavy (non-hydrogen) atoms. The zero-order valence-corrected chi connectivity index (χ0v) is 21.7. The van der Waals surface area contributed by atoms with Gasteiger partial charge in [0.05, 0.1) is 12.3 Å². The molecule has 0 radical (unpaired) electrons. The Morgan fingerprint density at radius 2 is 1.09 bits per heavy atom. The minimum atomic E-state index is -1.87. The van der Waals surface area contributed by atoms with Crippen molar-refractivity contribution in [2.45, 2.75) is 32.2 Å². The van der Waals surface area contributed by atoms with E-state index in [0.29, 0.717) is 0 Å². The molecule has 4 aromatic rings. The molecule has 0 N–H and O–H groups in total. The van der Waals surface area contributed by atoms with E-state index in [1.54, 1.807) is 0 Å². The van der Waals surface area contributed by atoms with Crippen molar-refractivity contribution in [3.63, 3.8) is 0 Å². The Labute approximate surface area is 200 Å². The highest BCUT2D eigenvalue weighted by atomic mass is 31.2. The topological polar surface area (TPSA) is 22.1 Å². The first kappa shape index (κ1) is 23.6. The fourth-order valence-electron chi connectivity index (χ4n) is 4.49. The summed E-state index contributed by atoms with van der Waals surface area (Å²) >= 11 is 0. The molecule has 0 saturated carbocycles. The molecule has 0 spiro atoms. The summed E-state index contributed by atoms with van der Waals surface area (Å²) in [5, 5.41) is 4.26. The van der Waals surface area contributed by atoms with Gasteiger partial charge in [0, 0.05) is 18.8 Å². The van der Waals surface area contributed by atoms with E-state index >= 15 is 0 Å². The molecule has 0 aliphatic carbocycles. The normalized spacial score (nSPS) is 12.9. The summed E-state index contributed by atoms with van der Waals surface area (Å²) in [4.78, 5) is 4.24. The third kappa shape index (κ3) is 5.68. The van der Waals surface area contributed by atoms with Gasteiger partial charge in [-0.3, -0.25) is 4.98 Å². The maximum Gasteiger partial charge on any atom is 0.184 e. The van der Waals surface area contributed by atoms with E-state index in [9.17, 15) is 0 Å². The third-order valence-electron chi connectivity index (χ3n) is 5.89. The molecule has 1 aromatic heterocycles. The standard InChI is InChI=1S/C29H33NOPSi/c1-33(2,3)31-29(25-19-22-30-23-20-25)21-24-32(26-13-7-4-8-14-26,27-15-9-5-10-16-27)28-17-11-6-12-18-28/h4-20,22-23,29H,21,24H2,1-3H3/q+1/t29-/m1/s1. The zero-order chi connectivity index (χ0) is 23.2. The van der Waals surface area contributed by atoms with E-state index in [2.05, 4.69) is 128 Å². The summed E-state index contributed by atoms with van der Waals surface area (Å²) in [7, 11) is -3.62. The van der Waals surface area contributed by atoms with Gasteiger partial charge in [-0.25, -0.2) is 0 Å². The lowest BCUT2D eigenvalue weighted by molar-refractivity contribution is 0.194. The summed E-state index contributed by atoms with van der Waals surface area (Å²) in [5.41, 5.74) is 1.22. The number of rotatable bonds is 9. The fraction of sp³-hybridized carbons (Fsp3) is 0.207. The van der Waals surface area contributed by atoms with Crippen LogP contribution in [-0.2, 0) is 4.43 Å². The Balaban J connectivity index is 1.83. The monoisotopic (exact) mass is 470 g/mol. The van der Waals surface area contributed by atoms with Gasteiger partial charge in [0.15, 0.2) is 8.32 Å². The number of pyridine rings is 1. The molecule has 0 fully saturated rings. The van der Waals surface area contributed by atoms with E-state index in [4.69, 9.17) is 4.43 Å². The van der Waals surface area contributed by atoms with E-state index < -0.39 is 15.6 Å². The minimum absolute atomic E-state index is 0.0650. The van der Waals surface area contributed by atoms with Crippen molar-refractivity contribution in [2.24, 2.45) is 0 Å². The molecule has 2 nitrogen and oxygen atoms in total. The molecule has 168 valence electrons. The highest BCUT2D eigenvalue weighted by Crippen LogP contribution is 2.56. The molecule has 0 saturated heterocycles. The molecule has 4 rings (SSSR count). The van der Waals surface area contributed by atoms with Crippen molar-refractivity contribution < 1.29 is 4.43 Å². The van der Waals surface area contributed by atoms with Gasteiger partial charge >= 0.3 is 0 Å². The maximum absolute atomic E-state index is 6.76. The maximum atomic E-state index is 6.76. The largest absolute Gasteiger partial charge is 0.411 e. The van der Waals surface area contributed by atoms with Crippen LogP contribution >= 0.6 is 7.26 Å². The van der Waals surface area contributed by atoms with Crippen LogP contribution in [0.5, 0.6) is 0 Å². The summed E-state index contributed by atoms with van der Waals surface area (Å²) in [6.45, 7) is 6.82. The lowest BCUT2D eigenvalue weighted by Crippen LogP contribution is -2.35. The van der Waals surface area contributed by atoms with Crippen molar-refractivity contribution in [3.05, 3.63) is 121 Å². The smallest absolute Gasteiger partial charge is 0.184 e. The SMILES string of the molecule is C[Si](C)(C)O[C@H](CC[P+](c1ccccc1)(c1ccccc1)c1ccccc1)c1ccncc1. The average Bonchev–Trinajstić information content (AvgIpc) is 2.85. The Morgan fingerprint density at radius 1 is 0.667 bits per heavy atom. The van der Waals surface area contributed by atoms with Crippen LogP contribution in [0.4, 0.5) is 0 Å². The fourth-order valence-corrected chi connectivity index (χ4v) is 9.93. The first-order valence-corrected chi connectivity index (χ1v) is 17.0. The lowest BCUT2D eigenvalue weighted by Gasteiger charge is -2.31. The van der Waals surface area contributed by atoms with Crippen LogP contribution in [0.1, 0.15) is 18.1 Å². The third-order valence-corrected chi connectivity index (χ3v) is 11.4. The van der Waals surface area contributed by atoms with Crippen LogP contribution in [0.2, 0.25) is 19.6 Å². The van der Waals surface area contributed by atoms with Crippen LogP contribution in [0.15, 0.2) is 116 Å². The first-order valence-electron chi connectivity index (χ1n) is 11.6. The molecule has 1 heterocycles. The number of nitrogens with zero attached hydrogens (tertiary/aromatic N) is 1. The number of hydrogen-bond donors (Lipinski definition) is 0. The second-order valence-corrected chi connectivity index (χ2v) is 17.4. The van der Waals surface area contributed by atoms with E-state index in [-0.39, 0.29) is 6.10 Å². The molecule has 0 aliphatic rings. The number of aromatic nitrogens is 1.